The van der Waals surface area contributed by atoms with Gasteiger partial charge in [-0.25, -0.2) is 0 Å². The van der Waals surface area contributed by atoms with Crippen molar-refractivity contribution in [2.24, 2.45) is 4.99 Å². The first-order chi connectivity index (χ1) is 10.0. The number of piperidine rings is 1. The number of aliphatic hydroxyl groups is 1. The van der Waals surface area contributed by atoms with Gasteiger partial charge in [0.2, 0.25) is 5.91 Å². The second kappa shape index (κ2) is 7.35. The quantitative estimate of drug-likeness (QED) is 0.504. The van der Waals surface area contributed by atoms with E-state index in [9.17, 15) is 9.90 Å². The maximum Gasteiger partial charge on any atom is 0.222 e. The first kappa shape index (κ1) is 16.4. The fourth-order valence-corrected chi connectivity index (χ4v) is 3.88. The third kappa shape index (κ3) is 4.78. The van der Waals surface area contributed by atoms with E-state index in [1.54, 1.807) is 16.7 Å². The summed E-state index contributed by atoms with van der Waals surface area (Å²) in [5.41, 5.74) is -0.660. The number of carbonyl (C=O) groups is 1. The summed E-state index contributed by atoms with van der Waals surface area (Å²) >= 11 is 1.78. The summed E-state index contributed by atoms with van der Waals surface area (Å²) in [5, 5.41) is 16.9. The molecule has 0 aliphatic carbocycles. The molecular formula is C14H26N4O2S. The molecule has 7 heteroatoms. The molecule has 0 saturated carbocycles. The number of thioether (sulfide) groups is 1. The van der Waals surface area contributed by atoms with Gasteiger partial charge in [-0.15, -0.1) is 0 Å². The Kier molecular flexibility index (Phi) is 5.75. The molecule has 2 atom stereocenters. The fourth-order valence-electron chi connectivity index (χ4n) is 2.59. The lowest BCUT2D eigenvalue weighted by Crippen LogP contribution is -2.52. The molecule has 2 aliphatic rings. The third-order valence-electron chi connectivity index (χ3n) is 3.93. The van der Waals surface area contributed by atoms with Gasteiger partial charge < -0.3 is 20.6 Å². The van der Waals surface area contributed by atoms with Crippen LogP contribution in [0.5, 0.6) is 0 Å². The molecular weight excluding hydrogens is 288 g/mol. The molecule has 2 unspecified atom stereocenters. The molecule has 3 N–H and O–H groups in total. The molecule has 21 heavy (non-hydrogen) atoms. The minimum absolute atomic E-state index is 0.201. The average molecular weight is 314 g/mol. The largest absolute Gasteiger partial charge is 0.387 e. The van der Waals surface area contributed by atoms with Crippen molar-refractivity contribution >= 4 is 23.6 Å². The number of nitrogens with one attached hydrogen (secondary N) is 2. The first-order valence-corrected chi connectivity index (χ1v) is 8.77. The van der Waals surface area contributed by atoms with Gasteiger partial charge in [0.25, 0.3) is 0 Å². The van der Waals surface area contributed by atoms with Crippen LogP contribution >= 0.6 is 11.8 Å². The van der Waals surface area contributed by atoms with Crippen LogP contribution < -0.4 is 10.6 Å². The predicted octanol–water partition coefficient (Wildman–Crippen LogP) is 0.0303. The highest BCUT2D eigenvalue weighted by atomic mass is 32.2. The van der Waals surface area contributed by atoms with Crippen molar-refractivity contribution < 1.29 is 9.90 Å². The van der Waals surface area contributed by atoms with Crippen LogP contribution in [0.3, 0.4) is 0 Å². The van der Waals surface area contributed by atoms with Crippen molar-refractivity contribution in [2.45, 2.75) is 37.8 Å². The highest BCUT2D eigenvalue weighted by Crippen LogP contribution is 2.27. The van der Waals surface area contributed by atoms with E-state index < -0.39 is 5.60 Å². The summed E-state index contributed by atoms with van der Waals surface area (Å²) < 4.78 is 0. The molecule has 0 aromatic rings. The molecule has 120 valence electrons. The summed E-state index contributed by atoms with van der Waals surface area (Å²) in [6.45, 7) is 3.93. The number of nitrogens with zero attached hydrogens (tertiary/aromatic N) is 2. The van der Waals surface area contributed by atoms with E-state index in [1.165, 1.54) is 0 Å². The van der Waals surface area contributed by atoms with Gasteiger partial charge in [-0.2, -0.15) is 11.8 Å². The van der Waals surface area contributed by atoms with Crippen molar-refractivity contribution in [1.82, 2.24) is 15.5 Å². The minimum atomic E-state index is -0.660. The van der Waals surface area contributed by atoms with Crippen molar-refractivity contribution in [3.8, 4) is 0 Å². The maximum atomic E-state index is 11.5. The number of amides is 1. The standard InChI is InChI=1S/C14H26N4O2S/c1-3-15-13(16-9-14(20)6-7-21-10-14)17-11-4-5-12(19)18(2)8-11/h11,20H,3-10H2,1-2H3,(H2,15,16,17). The van der Waals surface area contributed by atoms with Crippen LogP contribution in [0.4, 0.5) is 0 Å². The van der Waals surface area contributed by atoms with Gasteiger partial charge in [0.15, 0.2) is 5.96 Å². The lowest BCUT2D eigenvalue weighted by atomic mass is 10.0. The van der Waals surface area contributed by atoms with Crippen LogP contribution in [0.1, 0.15) is 26.2 Å². The number of hydrogen-bond acceptors (Lipinski definition) is 4. The zero-order chi connectivity index (χ0) is 15.3. The summed E-state index contributed by atoms with van der Waals surface area (Å²) in [4.78, 5) is 17.8. The van der Waals surface area contributed by atoms with Crippen LogP contribution in [0.15, 0.2) is 4.99 Å². The summed E-state index contributed by atoms with van der Waals surface area (Å²) in [7, 11) is 1.83. The molecule has 0 radical (unpaired) electrons. The Morgan fingerprint density at radius 3 is 3.05 bits per heavy atom. The van der Waals surface area contributed by atoms with E-state index >= 15 is 0 Å². The van der Waals surface area contributed by atoms with Gasteiger partial charge in [-0.1, -0.05) is 0 Å². The second-order valence-electron chi connectivity index (χ2n) is 5.88. The topological polar surface area (TPSA) is 77.0 Å². The molecule has 6 nitrogen and oxygen atoms in total. The Morgan fingerprint density at radius 1 is 1.62 bits per heavy atom. The second-order valence-corrected chi connectivity index (χ2v) is 6.98. The van der Waals surface area contributed by atoms with Crippen molar-refractivity contribution in [1.29, 1.82) is 0 Å². The van der Waals surface area contributed by atoms with Crippen molar-refractivity contribution in [3.63, 3.8) is 0 Å². The van der Waals surface area contributed by atoms with Crippen LogP contribution in [0.2, 0.25) is 0 Å². The van der Waals surface area contributed by atoms with E-state index in [2.05, 4.69) is 15.6 Å². The Bertz CT molecular complexity index is 396. The fraction of sp³-hybridized carbons (Fsp3) is 0.857. The number of likely N-dealkylation sites (N-methyl/N-ethyl adjacent to an activating group) is 1. The van der Waals surface area contributed by atoms with Gasteiger partial charge in [0.1, 0.15) is 0 Å². The molecule has 2 rings (SSSR count). The molecule has 2 fully saturated rings. The smallest absolute Gasteiger partial charge is 0.222 e. The van der Waals surface area contributed by atoms with E-state index in [0.29, 0.717) is 19.5 Å². The minimum Gasteiger partial charge on any atom is -0.387 e. The molecule has 2 heterocycles. The van der Waals surface area contributed by atoms with E-state index in [-0.39, 0.29) is 11.9 Å². The Morgan fingerprint density at radius 2 is 2.43 bits per heavy atom. The molecule has 0 aromatic carbocycles. The van der Waals surface area contributed by atoms with Crippen LogP contribution in [0.25, 0.3) is 0 Å². The zero-order valence-corrected chi connectivity index (χ0v) is 13.7. The Balaban J connectivity index is 1.90. The van der Waals surface area contributed by atoms with Crippen LogP contribution in [-0.2, 0) is 4.79 Å². The normalized spacial score (nSPS) is 30.6. The lowest BCUT2D eigenvalue weighted by Gasteiger charge is -2.31. The van der Waals surface area contributed by atoms with Crippen LogP contribution in [-0.4, -0.2) is 71.7 Å². The number of carbonyl (C=O) groups excluding carboxylic acids is 1. The van der Waals surface area contributed by atoms with E-state index in [4.69, 9.17) is 0 Å². The van der Waals surface area contributed by atoms with Crippen molar-refractivity contribution in [3.05, 3.63) is 0 Å². The molecule has 2 saturated heterocycles. The Hall–Kier alpha value is -0.950. The monoisotopic (exact) mass is 314 g/mol. The third-order valence-corrected chi connectivity index (χ3v) is 5.16. The van der Waals surface area contributed by atoms with Crippen molar-refractivity contribution in [2.75, 3.05) is 38.2 Å². The summed E-state index contributed by atoms with van der Waals surface area (Å²) in [5.74, 6) is 2.70. The van der Waals surface area contributed by atoms with Gasteiger partial charge in [0, 0.05) is 38.4 Å². The van der Waals surface area contributed by atoms with E-state index in [0.717, 1.165) is 36.9 Å². The van der Waals surface area contributed by atoms with Gasteiger partial charge in [-0.05, 0) is 25.5 Å². The number of hydrogen-bond donors (Lipinski definition) is 3. The number of likely N-dealkylation sites (tertiary alicyclic amines) is 1. The summed E-state index contributed by atoms with van der Waals surface area (Å²) in [6, 6.07) is 0.220. The van der Waals surface area contributed by atoms with Gasteiger partial charge >= 0.3 is 0 Å². The highest BCUT2D eigenvalue weighted by Gasteiger charge is 2.31. The van der Waals surface area contributed by atoms with Crippen LogP contribution in [0, 0.1) is 0 Å². The van der Waals surface area contributed by atoms with Gasteiger partial charge in [-0.3, -0.25) is 9.79 Å². The Labute approximate surface area is 130 Å². The van der Waals surface area contributed by atoms with Gasteiger partial charge in [0.05, 0.1) is 12.1 Å². The molecule has 2 aliphatic heterocycles. The first-order valence-electron chi connectivity index (χ1n) is 7.61. The zero-order valence-electron chi connectivity index (χ0n) is 12.9. The average Bonchev–Trinajstić information content (AvgIpc) is 2.88. The lowest BCUT2D eigenvalue weighted by molar-refractivity contribution is -0.132. The molecule has 0 aromatic heterocycles. The maximum absolute atomic E-state index is 11.5. The summed E-state index contributed by atoms with van der Waals surface area (Å²) in [6.07, 6.45) is 2.21. The van der Waals surface area contributed by atoms with E-state index in [1.807, 2.05) is 14.0 Å². The number of guanidine groups is 1. The molecule has 0 bridgehead atoms. The SMILES string of the molecule is CCNC(=NCC1(O)CCSC1)NC1CCC(=O)N(C)C1. The molecule has 1 amide bonds. The molecule has 0 spiro atoms. The predicted molar refractivity (Wildman–Crippen MR) is 86.7 cm³/mol. The number of aliphatic imine (C=N–C) groups is 1. The number of rotatable bonds is 4. The highest BCUT2D eigenvalue weighted by molar-refractivity contribution is 7.99.